The second-order valence-corrected chi connectivity index (χ2v) is 8.89. The lowest BCUT2D eigenvalue weighted by Gasteiger charge is -2.28. The lowest BCUT2D eigenvalue weighted by molar-refractivity contribution is -0.119. The van der Waals surface area contributed by atoms with Gasteiger partial charge in [-0.05, 0) is 68.0 Å². The number of nitrogens with one attached hydrogen (secondary N) is 2. The van der Waals surface area contributed by atoms with Crippen LogP contribution in [-0.4, -0.2) is 35.4 Å². The quantitative estimate of drug-likeness (QED) is 0.209. The van der Waals surface area contributed by atoms with Crippen LogP contribution in [0.4, 0.5) is 17.1 Å². The van der Waals surface area contributed by atoms with Gasteiger partial charge in [0, 0.05) is 35.6 Å². The van der Waals surface area contributed by atoms with Gasteiger partial charge in [0.2, 0.25) is 11.8 Å². The molecule has 33 heavy (non-hydrogen) atoms. The molecule has 1 saturated heterocycles. The van der Waals surface area contributed by atoms with E-state index in [1.807, 2.05) is 36.1 Å². The predicted octanol–water partition coefficient (Wildman–Crippen LogP) is 4.07. The number of hydrogen-bond acceptors (Lipinski definition) is 5. The van der Waals surface area contributed by atoms with Crippen LogP contribution in [0.3, 0.4) is 0 Å². The van der Waals surface area contributed by atoms with Crippen LogP contribution >= 0.6 is 0 Å². The molecule has 0 aromatic heterocycles. The van der Waals surface area contributed by atoms with Crippen molar-refractivity contribution < 1.29 is 14.8 Å². The summed E-state index contributed by atoms with van der Waals surface area (Å²) in [7, 11) is 0. The van der Waals surface area contributed by atoms with Crippen LogP contribution < -0.4 is 21.3 Å². The molecule has 1 atom stereocenters. The zero-order valence-electron chi connectivity index (χ0n) is 19.5. The molecule has 1 fully saturated rings. The van der Waals surface area contributed by atoms with E-state index in [9.17, 15) is 9.59 Å². The van der Waals surface area contributed by atoms with Crippen molar-refractivity contribution in [1.29, 1.82) is 0 Å². The lowest BCUT2D eigenvalue weighted by atomic mass is 10.0. The van der Waals surface area contributed by atoms with E-state index in [0.29, 0.717) is 29.8 Å². The Hall–Kier alpha value is -3.55. The Bertz CT molecular complexity index is 1030. The van der Waals surface area contributed by atoms with Gasteiger partial charge in [0.15, 0.2) is 5.84 Å². The molecule has 176 valence electrons. The number of nitrogens with zero attached hydrogens (tertiary/aromatic N) is 2. The fourth-order valence-electron chi connectivity index (χ4n) is 4.06. The van der Waals surface area contributed by atoms with Crippen molar-refractivity contribution in [3.63, 3.8) is 0 Å². The molecular weight excluding hydrogens is 418 g/mol. The second kappa shape index (κ2) is 10.8. The van der Waals surface area contributed by atoms with Crippen LogP contribution in [0.15, 0.2) is 47.6 Å². The summed E-state index contributed by atoms with van der Waals surface area (Å²) in [5.74, 6) is 0.288. The topological polar surface area (TPSA) is 120 Å². The molecule has 1 aliphatic heterocycles. The summed E-state index contributed by atoms with van der Waals surface area (Å²) < 4.78 is 0. The highest BCUT2D eigenvalue weighted by Gasteiger charge is 2.23. The molecule has 0 spiro atoms. The number of oxime groups is 1. The SMILES string of the molecule is Cc1cc(NC(=O)C(CC(C)C)Nc2cccc(/C(N)=N/O)c2)ccc1N1CCCCC1=O. The van der Waals surface area contributed by atoms with Crippen molar-refractivity contribution in [2.75, 3.05) is 22.1 Å². The zero-order valence-corrected chi connectivity index (χ0v) is 19.5. The first-order valence-electron chi connectivity index (χ1n) is 11.3. The van der Waals surface area contributed by atoms with Crippen LogP contribution in [0.25, 0.3) is 0 Å². The number of amides is 2. The second-order valence-electron chi connectivity index (χ2n) is 8.89. The van der Waals surface area contributed by atoms with Crippen LogP contribution in [0.5, 0.6) is 0 Å². The average molecular weight is 452 g/mol. The highest BCUT2D eigenvalue weighted by molar-refractivity contribution is 5.99. The third-order valence-corrected chi connectivity index (χ3v) is 5.71. The minimum atomic E-state index is -0.476. The van der Waals surface area contributed by atoms with E-state index in [1.54, 1.807) is 18.2 Å². The van der Waals surface area contributed by atoms with Crippen LogP contribution in [0.2, 0.25) is 0 Å². The van der Waals surface area contributed by atoms with Gasteiger partial charge < -0.3 is 26.5 Å². The van der Waals surface area contributed by atoms with Gasteiger partial charge in [-0.1, -0.05) is 31.1 Å². The highest BCUT2D eigenvalue weighted by atomic mass is 16.4. The average Bonchev–Trinajstić information content (AvgIpc) is 2.79. The number of anilines is 3. The first-order chi connectivity index (χ1) is 15.8. The van der Waals surface area contributed by atoms with Crippen molar-refractivity contribution in [2.24, 2.45) is 16.8 Å². The number of piperidine rings is 1. The molecule has 0 saturated carbocycles. The van der Waals surface area contributed by atoms with Crippen molar-refractivity contribution in [3.05, 3.63) is 53.6 Å². The Kier molecular flexibility index (Phi) is 7.92. The Morgan fingerprint density at radius 2 is 1.97 bits per heavy atom. The number of rotatable bonds is 8. The maximum absolute atomic E-state index is 13.2. The minimum absolute atomic E-state index is 0.00580. The van der Waals surface area contributed by atoms with E-state index >= 15 is 0 Å². The summed E-state index contributed by atoms with van der Waals surface area (Å²) in [6.07, 6.45) is 3.15. The van der Waals surface area contributed by atoms with Gasteiger partial charge in [-0.2, -0.15) is 0 Å². The minimum Gasteiger partial charge on any atom is -0.409 e. The first-order valence-corrected chi connectivity index (χ1v) is 11.3. The summed E-state index contributed by atoms with van der Waals surface area (Å²) in [5, 5.41) is 18.2. The normalized spacial score (nSPS) is 15.5. The number of carbonyl (C=O) groups excluding carboxylic acids is 2. The Morgan fingerprint density at radius 1 is 1.18 bits per heavy atom. The van der Waals surface area contributed by atoms with Crippen molar-refractivity contribution in [2.45, 2.75) is 52.5 Å². The molecule has 2 aromatic carbocycles. The van der Waals surface area contributed by atoms with Gasteiger partial charge in [0.25, 0.3) is 0 Å². The van der Waals surface area contributed by atoms with E-state index in [2.05, 4.69) is 29.6 Å². The van der Waals surface area contributed by atoms with Gasteiger partial charge in [0.05, 0.1) is 0 Å². The number of hydrogen-bond donors (Lipinski definition) is 4. The van der Waals surface area contributed by atoms with E-state index in [4.69, 9.17) is 10.9 Å². The van der Waals surface area contributed by atoms with E-state index in [1.165, 1.54) is 0 Å². The van der Waals surface area contributed by atoms with Crippen molar-refractivity contribution >= 4 is 34.7 Å². The number of amidine groups is 1. The maximum atomic E-state index is 13.2. The van der Waals surface area contributed by atoms with Gasteiger partial charge in [-0.15, -0.1) is 0 Å². The van der Waals surface area contributed by atoms with Crippen LogP contribution in [0, 0.1) is 12.8 Å². The number of nitrogens with two attached hydrogens (primary N) is 1. The van der Waals surface area contributed by atoms with Gasteiger partial charge in [-0.3, -0.25) is 9.59 Å². The molecule has 8 heteroatoms. The molecule has 1 heterocycles. The van der Waals surface area contributed by atoms with E-state index < -0.39 is 6.04 Å². The van der Waals surface area contributed by atoms with E-state index in [0.717, 1.165) is 30.6 Å². The summed E-state index contributed by atoms with van der Waals surface area (Å²) in [6, 6.07) is 12.3. The van der Waals surface area contributed by atoms with Crippen molar-refractivity contribution in [3.8, 4) is 0 Å². The highest BCUT2D eigenvalue weighted by Crippen LogP contribution is 2.27. The predicted molar refractivity (Wildman–Crippen MR) is 132 cm³/mol. The molecular formula is C25H33N5O3. The standard InChI is InChI=1S/C25H33N5O3/c1-16(2)13-21(27-19-8-6-7-18(15-19)24(26)29-33)25(32)28-20-10-11-22(17(3)14-20)30-12-5-4-9-23(30)31/h6-8,10-11,14-16,21,27,33H,4-5,9,12-13H2,1-3H3,(H2,26,29)(H,28,32). The molecule has 0 bridgehead atoms. The smallest absolute Gasteiger partial charge is 0.246 e. The van der Waals surface area contributed by atoms with Crippen LogP contribution in [-0.2, 0) is 9.59 Å². The molecule has 0 aliphatic carbocycles. The van der Waals surface area contributed by atoms with Crippen molar-refractivity contribution in [1.82, 2.24) is 0 Å². The maximum Gasteiger partial charge on any atom is 0.246 e. The molecule has 8 nitrogen and oxygen atoms in total. The van der Waals surface area contributed by atoms with Gasteiger partial charge in [0.1, 0.15) is 6.04 Å². The monoisotopic (exact) mass is 451 g/mol. The van der Waals surface area contributed by atoms with Gasteiger partial charge >= 0.3 is 0 Å². The van der Waals surface area contributed by atoms with Crippen LogP contribution in [0.1, 0.15) is 50.7 Å². The third-order valence-electron chi connectivity index (χ3n) is 5.71. The number of aryl methyl sites for hydroxylation is 1. The third kappa shape index (κ3) is 6.25. The summed E-state index contributed by atoms with van der Waals surface area (Å²) in [6.45, 7) is 6.80. The number of benzene rings is 2. The molecule has 5 N–H and O–H groups in total. The lowest BCUT2D eigenvalue weighted by Crippen LogP contribution is -2.36. The largest absolute Gasteiger partial charge is 0.409 e. The summed E-state index contributed by atoms with van der Waals surface area (Å²) in [4.78, 5) is 27.3. The molecule has 1 aliphatic rings. The molecule has 3 rings (SSSR count). The summed E-state index contributed by atoms with van der Waals surface area (Å²) >= 11 is 0. The molecule has 1 unspecified atom stereocenters. The fraction of sp³-hybridized carbons (Fsp3) is 0.400. The van der Waals surface area contributed by atoms with Gasteiger partial charge in [-0.25, -0.2) is 0 Å². The van der Waals surface area contributed by atoms with E-state index in [-0.39, 0.29) is 23.6 Å². The summed E-state index contributed by atoms with van der Waals surface area (Å²) in [5.41, 5.74) is 9.49. The Balaban J connectivity index is 1.75. The first kappa shape index (κ1) is 24.1. The zero-order chi connectivity index (χ0) is 24.0. The molecule has 2 amide bonds. The Morgan fingerprint density at radius 3 is 2.64 bits per heavy atom. The molecule has 2 aromatic rings. The fourth-order valence-corrected chi connectivity index (χ4v) is 4.06. The Labute approximate surface area is 194 Å². The number of carbonyl (C=O) groups is 2. The molecule has 0 radical (unpaired) electrons.